The fraction of sp³-hybridized carbons (Fsp3) is 0.182. The summed E-state index contributed by atoms with van der Waals surface area (Å²) >= 11 is 1.39. The number of hydrogen-bond donors (Lipinski definition) is 2. The molecular weight excluding hydrogens is 384 g/mol. The Balaban J connectivity index is 1.58. The molecule has 0 fully saturated rings. The van der Waals surface area contributed by atoms with Gasteiger partial charge >= 0.3 is 5.91 Å². The molecule has 0 atom stereocenters. The molecule has 0 radical (unpaired) electrons. The lowest BCUT2D eigenvalue weighted by molar-refractivity contribution is 0.0991. The minimum atomic E-state index is -0.543. The predicted octanol–water partition coefficient (Wildman–Crippen LogP) is 6.05. The number of amides is 1. The first-order valence-corrected chi connectivity index (χ1v) is 10.3. The lowest BCUT2D eigenvalue weighted by Gasteiger charge is -1.98. The molecule has 2 aromatic carbocycles. The highest BCUT2D eigenvalue weighted by molar-refractivity contribution is 7.13. The van der Waals surface area contributed by atoms with Crippen LogP contribution in [0, 0.1) is 0 Å². The zero-order chi connectivity index (χ0) is 20.4. The second-order valence-electron chi connectivity index (χ2n) is 6.65. The standard InChI is InChI=1S/C22H20N4O2S/c1-3-13-5-8-15(9-6-13)22-24-18(12-29-22)20(27)26-25-19-16-11-14(4-2)7-10-17(16)23-21(19)28/h5-12,23,28H,3-4H2,1-2H3. The fourth-order valence-electron chi connectivity index (χ4n) is 3.07. The number of nitrogens with one attached hydrogen (secondary N) is 1. The highest BCUT2D eigenvalue weighted by atomic mass is 32.1. The van der Waals surface area contributed by atoms with E-state index in [2.05, 4.69) is 39.3 Å². The number of aromatic hydroxyl groups is 1. The van der Waals surface area contributed by atoms with E-state index in [-0.39, 0.29) is 17.3 Å². The Labute approximate surface area is 172 Å². The molecule has 4 aromatic rings. The van der Waals surface area contributed by atoms with E-state index in [0.717, 1.165) is 39.9 Å². The van der Waals surface area contributed by atoms with Crippen LogP contribution in [0.3, 0.4) is 0 Å². The number of fused-ring (bicyclic) bond motifs is 1. The number of carbonyl (C=O) groups excluding carboxylic acids is 1. The lowest BCUT2D eigenvalue weighted by Crippen LogP contribution is -1.93. The summed E-state index contributed by atoms with van der Waals surface area (Å²) < 4.78 is 0. The molecule has 0 aliphatic rings. The first-order chi connectivity index (χ1) is 14.1. The number of thiazole rings is 1. The van der Waals surface area contributed by atoms with Crippen LogP contribution in [-0.2, 0) is 12.8 Å². The third-order valence-electron chi connectivity index (χ3n) is 4.80. The average molecular weight is 404 g/mol. The summed E-state index contributed by atoms with van der Waals surface area (Å²) in [6.45, 7) is 4.16. The molecule has 0 aliphatic heterocycles. The van der Waals surface area contributed by atoms with Gasteiger partial charge in [-0.15, -0.1) is 21.6 Å². The molecule has 0 unspecified atom stereocenters. The maximum absolute atomic E-state index is 12.4. The predicted molar refractivity (Wildman–Crippen MR) is 115 cm³/mol. The first kappa shape index (κ1) is 19.0. The number of benzene rings is 2. The molecule has 2 aromatic heterocycles. The Hall–Kier alpha value is -3.32. The zero-order valence-corrected chi connectivity index (χ0v) is 17.0. The molecule has 0 saturated carbocycles. The summed E-state index contributed by atoms with van der Waals surface area (Å²) in [4.78, 5) is 19.7. The van der Waals surface area contributed by atoms with Gasteiger partial charge in [0.1, 0.15) is 10.7 Å². The van der Waals surface area contributed by atoms with Crippen molar-refractivity contribution >= 4 is 33.8 Å². The number of azo groups is 1. The highest BCUT2D eigenvalue weighted by Crippen LogP contribution is 2.36. The van der Waals surface area contributed by atoms with E-state index in [9.17, 15) is 9.90 Å². The van der Waals surface area contributed by atoms with Gasteiger partial charge in [0.25, 0.3) is 0 Å². The molecule has 29 heavy (non-hydrogen) atoms. The molecule has 1 amide bonds. The molecule has 0 aliphatic carbocycles. The highest BCUT2D eigenvalue weighted by Gasteiger charge is 2.14. The first-order valence-electron chi connectivity index (χ1n) is 9.43. The Morgan fingerprint density at radius 2 is 1.83 bits per heavy atom. The fourth-order valence-corrected chi connectivity index (χ4v) is 3.87. The molecule has 7 heteroatoms. The van der Waals surface area contributed by atoms with Crippen molar-refractivity contribution in [3.63, 3.8) is 0 Å². The van der Waals surface area contributed by atoms with Crippen LogP contribution in [-0.4, -0.2) is 21.0 Å². The van der Waals surface area contributed by atoms with E-state index < -0.39 is 5.91 Å². The van der Waals surface area contributed by atoms with Crippen LogP contribution in [0.1, 0.15) is 35.5 Å². The number of aromatic amines is 1. The smallest absolute Gasteiger partial charge is 0.314 e. The Kier molecular flexibility index (Phi) is 5.22. The van der Waals surface area contributed by atoms with E-state index >= 15 is 0 Å². The van der Waals surface area contributed by atoms with Crippen LogP contribution in [0.4, 0.5) is 5.69 Å². The summed E-state index contributed by atoms with van der Waals surface area (Å²) in [6.07, 6.45) is 1.83. The van der Waals surface area contributed by atoms with Gasteiger partial charge in [0, 0.05) is 16.3 Å². The van der Waals surface area contributed by atoms with Crippen molar-refractivity contribution in [2.24, 2.45) is 10.2 Å². The Morgan fingerprint density at radius 3 is 2.55 bits per heavy atom. The average Bonchev–Trinajstić information content (AvgIpc) is 3.36. The van der Waals surface area contributed by atoms with Crippen LogP contribution >= 0.6 is 11.3 Å². The molecule has 2 heterocycles. The van der Waals surface area contributed by atoms with Crippen LogP contribution in [0.5, 0.6) is 5.88 Å². The van der Waals surface area contributed by atoms with Gasteiger partial charge in [-0.1, -0.05) is 44.2 Å². The minimum absolute atomic E-state index is 0.111. The van der Waals surface area contributed by atoms with Crippen molar-refractivity contribution in [2.45, 2.75) is 26.7 Å². The van der Waals surface area contributed by atoms with Crippen molar-refractivity contribution in [3.05, 3.63) is 64.7 Å². The monoisotopic (exact) mass is 404 g/mol. The van der Waals surface area contributed by atoms with Gasteiger partial charge in [-0.25, -0.2) is 4.98 Å². The van der Waals surface area contributed by atoms with Crippen LogP contribution in [0.2, 0.25) is 0 Å². The van der Waals surface area contributed by atoms with Crippen molar-refractivity contribution in [3.8, 4) is 16.5 Å². The number of aromatic nitrogens is 2. The second-order valence-corrected chi connectivity index (χ2v) is 7.51. The van der Waals surface area contributed by atoms with Crippen LogP contribution in [0.25, 0.3) is 21.5 Å². The number of carbonyl (C=O) groups is 1. The van der Waals surface area contributed by atoms with Gasteiger partial charge in [-0.3, -0.25) is 4.79 Å². The number of H-pyrrole nitrogens is 1. The van der Waals surface area contributed by atoms with E-state index in [1.165, 1.54) is 16.9 Å². The largest absolute Gasteiger partial charge is 0.493 e. The molecule has 0 saturated heterocycles. The van der Waals surface area contributed by atoms with Crippen molar-refractivity contribution in [2.75, 3.05) is 0 Å². The maximum Gasteiger partial charge on any atom is 0.314 e. The van der Waals surface area contributed by atoms with E-state index in [0.29, 0.717) is 0 Å². The molecule has 2 N–H and O–H groups in total. The summed E-state index contributed by atoms with van der Waals surface area (Å²) in [6, 6.07) is 13.9. The summed E-state index contributed by atoms with van der Waals surface area (Å²) in [5, 5.41) is 21.1. The van der Waals surface area contributed by atoms with Gasteiger partial charge in [-0.05, 0) is 36.1 Å². The topological polar surface area (TPSA) is 90.7 Å². The molecule has 146 valence electrons. The van der Waals surface area contributed by atoms with Crippen molar-refractivity contribution in [1.29, 1.82) is 0 Å². The quantitative estimate of drug-likeness (QED) is 0.397. The van der Waals surface area contributed by atoms with E-state index in [1.807, 2.05) is 37.3 Å². The van der Waals surface area contributed by atoms with Gasteiger partial charge in [0.2, 0.25) is 5.88 Å². The second kappa shape index (κ2) is 7.97. The minimum Gasteiger partial charge on any atom is -0.493 e. The zero-order valence-electron chi connectivity index (χ0n) is 16.1. The molecule has 4 rings (SSSR count). The number of rotatable bonds is 5. The molecule has 6 nitrogen and oxygen atoms in total. The summed E-state index contributed by atoms with van der Waals surface area (Å²) in [7, 11) is 0. The Bertz CT molecular complexity index is 1210. The lowest BCUT2D eigenvalue weighted by atomic mass is 10.1. The molecule has 0 bridgehead atoms. The normalized spacial score (nSPS) is 11.5. The van der Waals surface area contributed by atoms with Crippen LogP contribution < -0.4 is 0 Å². The van der Waals surface area contributed by atoms with Crippen LogP contribution in [0.15, 0.2) is 58.1 Å². The Morgan fingerprint density at radius 1 is 1.10 bits per heavy atom. The summed E-state index contributed by atoms with van der Waals surface area (Å²) in [5.74, 6) is -0.655. The third kappa shape index (κ3) is 3.82. The maximum atomic E-state index is 12.4. The van der Waals surface area contributed by atoms with E-state index in [1.54, 1.807) is 5.38 Å². The SMILES string of the molecule is CCc1ccc(-c2nc(C(=O)N=Nc3c(O)[nH]c4ccc(CC)cc34)cs2)cc1. The van der Waals surface area contributed by atoms with Gasteiger partial charge < -0.3 is 10.1 Å². The van der Waals surface area contributed by atoms with Gasteiger partial charge in [-0.2, -0.15) is 0 Å². The number of hydrogen-bond acceptors (Lipinski definition) is 5. The van der Waals surface area contributed by atoms with Gasteiger partial charge in [0.15, 0.2) is 5.69 Å². The number of aryl methyl sites for hydroxylation is 2. The van der Waals surface area contributed by atoms with E-state index in [4.69, 9.17) is 0 Å². The third-order valence-corrected chi connectivity index (χ3v) is 5.69. The van der Waals surface area contributed by atoms with Gasteiger partial charge in [0.05, 0.1) is 5.52 Å². The molecular formula is C22H20N4O2S. The van der Waals surface area contributed by atoms with Crippen molar-refractivity contribution < 1.29 is 9.90 Å². The number of nitrogens with zero attached hydrogens (tertiary/aromatic N) is 3. The molecule has 0 spiro atoms. The summed E-state index contributed by atoms with van der Waals surface area (Å²) in [5.41, 5.74) is 4.56. The van der Waals surface area contributed by atoms with Crippen molar-refractivity contribution in [1.82, 2.24) is 9.97 Å².